The average Bonchev–Trinajstić information content (AvgIpc) is 3.38. The van der Waals surface area contributed by atoms with Crippen LogP contribution in [0, 0.1) is 0 Å². The van der Waals surface area contributed by atoms with E-state index in [1.807, 2.05) is 0 Å². The number of ether oxygens (including phenoxy) is 3. The number of hydrogen-bond acceptors (Lipinski definition) is 6. The van der Waals surface area contributed by atoms with Gasteiger partial charge >= 0.3 is 17.9 Å². The van der Waals surface area contributed by atoms with Gasteiger partial charge in [0, 0.05) is 19.3 Å². The molecular formula is C66H118O6. The van der Waals surface area contributed by atoms with Crippen molar-refractivity contribution >= 4 is 17.9 Å². The van der Waals surface area contributed by atoms with Gasteiger partial charge in [-0.25, -0.2) is 0 Å². The Hall–Kier alpha value is -2.89. The van der Waals surface area contributed by atoms with Crippen molar-refractivity contribution in [3.05, 3.63) is 60.8 Å². The molecule has 0 fully saturated rings. The van der Waals surface area contributed by atoms with E-state index < -0.39 is 6.10 Å². The van der Waals surface area contributed by atoms with Crippen LogP contribution < -0.4 is 0 Å². The van der Waals surface area contributed by atoms with Crippen LogP contribution in [0.2, 0.25) is 0 Å². The van der Waals surface area contributed by atoms with Crippen LogP contribution in [-0.2, 0) is 28.6 Å². The fourth-order valence-corrected chi connectivity index (χ4v) is 8.97. The Morgan fingerprint density at radius 3 is 0.792 bits per heavy atom. The molecule has 0 aromatic heterocycles. The van der Waals surface area contributed by atoms with Gasteiger partial charge in [-0.2, -0.15) is 0 Å². The SMILES string of the molecule is CCCCCC/C=C\C/C=C\CCCCCCCCCC(=O)OC(COC(=O)CCCCCCC/C=C\CCCCCC)COC(=O)CCCCCCCCCCCCC/C=C\C/C=C\CCCCCCC. The summed E-state index contributed by atoms with van der Waals surface area (Å²) in [5, 5.41) is 0. The van der Waals surface area contributed by atoms with Crippen molar-refractivity contribution in [1.82, 2.24) is 0 Å². The van der Waals surface area contributed by atoms with Crippen molar-refractivity contribution in [1.29, 1.82) is 0 Å². The second kappa shape index (κ2) is 60.7. The molecule has 0 saturated carbocycles. The van der Waals surface area contributed by atoms with E-state index >= 15 is 0 Å². The first-order chi connectivity index (χ1) is 35.5. The highest BCUT2D eigenvalue weighted by Gasteiger charge is 2.19. The maximum Gasteiger partial charge on any atom is 0.306 e. The predicted octanol–water partition coefficient (Wildman–Crippen LogP) is 21.2. The molecule has 0 radical (unpaired) electrons. The molecule has 0 N–H and O–H groups in total. The smallest absolute Gasteiger partial charge is 0.306 e. The van der Waals surface area contributed by atoms with Crippen molar-refractivity contribution in [2.45, 2.75) is 329 Å². The van der Waals surface area contributed by atoms with Gasteiger partial charge in [0.1, 0.15) is 13.2 Å². The molecule has 1 atom stereocenters. The summed E-state index contributed by atoms with van der Waals surface area (Å²) >= 11 is 0. The van der Waals surface area contributed by atoms with Gasteiger partial charge in [0.25, 0.3) is 0 Å². The van der Waals surface area contributed by atoms with Crippen molar-refractivity contribution in [3.63, 3.8) is 0 Å². The summed E-state index contributed by atoms with van der Waals surface area (Å²) in [6.45, 7) is 6.62. The Kier molecular flexibility index (Phi) is 58.2. The first kappa shape index (κ1) is 69.1. The molecule has 72 heavy (non-hydrogen) atoms. The molecule has 0 aliphatic carbocycles. The third-order valence-electron chi connectivity index (χ3n) is 13.7. The van der Waals surface area contributed by atoms with Gasteiger partial charge in [-0.15, -0.1) is 0 Å². The number of carbonyl (C=O) groups excluding carboxylic acids is 3. The van der Waals surface area contributed by atoms with E-state index in [1.54, 1.807) is 0 Å². The van der Waals surface area contributed by atoms with E-state index in [4.69, 9.17) is 14.2 Å². The van der Waals surface area contributed by atoms with Crippen LogP contribution in [0.25, 0.3) is 0 Å². The number of esters is 3. The molecule has 6 heteroatoms. The standard InChI is InChI=1S/C66H118O6/c1-4-7-10-13-16-19-22-25-27-29-31-32-33-34-35-37-38-41-44-47-50-53-56-59-65(68)71-62-63(61-70-64(67)58-55-52-49-46-43-40-24-21-18-15-12-9-6-3)72-66(69)60-57-54-51-48-45-42-39-36-30-28-26-23-20-17-14-11-8-5-2/h20-25,28-31,63H,4-19,26-27,32-62H2,1-3H3/b23-20-,24-21-,25-22-,30-28-,31-29-. The van der Waals surface area contributed by atoms with Gasteiger partial charge in [-0.3, -0.25) is 14.4 Å². The minimum absolute atomic E-state index is 0.0797. The lowest BCUT2D eigenvalue weighted by molar-refractivity contribution is -0.167. The molecular weight excluding hydrogens is 889 g/mol. The monoisotopic (exact) mass is 1010 g/mol. The van der Waals surface area contributed by atoms with E-state index in [1.165, 1.54) is 199 Å². The Morgan fingerprint density at radius 2 is 0.500 bits per heavy atom. The van der Waals surface area contributed by atoms with Gasteiger partial charge in [-0.1, -0.05) is 255 Å². The second-order valence-corrected chi connectivity index (χ2v) is 21.0. The first-order valence-electron chi connectivity index (χ1n) is 31.3. The topological polar surface area (TPSA) is 78.9 Å². The molecule has 0 aromatic rings. The van der Waals surface area contributed by atoms with E-state index in [0.717, 1.165) is 83.5 Å². The van der Waals surface area contributed by atoms with Crippen molar-refractivity contribution in [2.24, 2.45) is 0 Å². The Morgan fingerprint density at radius 1 is 0.278 bits per heavy atom. The van der Waals surface area contributed by atoms with Gasteiger partial charge in [0.2, 0.25) is 0 Å². The summed E-state index contributed by atoms with van der Waals surface area (Å²) in [5.74, 6) is -0.884. The molecule has 0 spiro atoms. The van der Waals surface area contributed by atoms with Crippen molar-refractivity contribution in [2.75, 3.05) is 13.2 Å². The van der Waals surface area contributed by atoms with Crippen molar-refractivity contribution < 1.29 is 28.6 Å². The highest BCUT2D eigenvalue weighted by molar-refractivity contribution is 5.71. The lowest BCUT2D eigenvalue weighted by Crippen LogP contribution is -2.30. The second-order valence-electron chi connectivity index (χ2n) is 21.0. The summed E-state index contributed by atoms with van der Waals surface area (Å²) in [6, 6.07) is 0. The molecule has 1 unspecified atom stereocenters. The number of hydrogen-bond donors (Lipinski definition) is 0. The molecule has 418 valence electrons. The number of carbonyl (C=O) groups is 3. The molecule has 0 bridgehead atoms. The molecule has 0 saturated heterocycles. The van der Waals surface area contributed by atoms with Crippen molar-refractivity contribution in [3.8, 4) is 0 Å². The molecule has 0 aliphatic heterocycles. The van der Waals surface area contributed by atoms with Crippen LogP contribution in [-0.4, -0.2) is 37.2 Å². The zero-order valence-electron chi connectivity index (χ0n) is 47.9. The Labute approximate surface area is 447 Å². The maximum atomic E-state index is 12.9. The summed E-state index contributed by atoms with van der Waals surface area (Å²) in [4.78, 5) is 38.2. The third kappa shape index (κ3) is 58.0. The molecule has 0 aliphatic rings. The minimum Gasteiger partial charge on any atom is -0.462 e. The minimum atomic E-state index is -0.783. The van der Waals surface area contributed by atoms with E-state index in [9.17, 15) is 14.4 Å². The van der Waals surface area contributed by atoms with Crippen LogP contribution in [0.3, 0.4) is 0 Å². The maximum absolute atomic E-state index is 12.9. The van der Waals surface area contributed by atoms with Gasteiger partial charge < -0.3 is 14.2 Å². The molecule has 6 nitrogen and oxygen atoms in total. The predicted molar refractivity (Wildman–Crippen MR) is 312 cm³/mol. The van der Waals surface area contributed by atoms with E-state index in [2.05, 4.69) is 81.5 Å². The Bertz CT molecular complexity index is 1290. The van der Waals surface area contributed by atoms with Crippen LogP contribution >= 0.6 is 0 Å². The van der Waals surface area contributed by atoms with Crippen LogP contribution in [0.4, 0.5) is 0 Å². The summed E-state index contributed by atoms with van der Waals surface area (Å²) < 4.78 is 16.9. The van der Waals surface area contributed by atoms with Crippen LogP contribution in [0.1, 0.15) is 323 Å². The lowest BCUT2D eigenvalue weighted by atomic mass is 10.0. The molecule has 0 heterocycles. The van der Waals surface area contributed by atoms with Gasteiger partial charge in [0.15, 0.2) is 6.10 Å². The fraction of sp³-hybridized carbons (Fsp3) is 0.803. The summed E-state index contributed by atoms with van der Waals surface area (Å²) in [7, 11) is 0. The quantitative estimate of drug-likeness (QED) is 0.0261. The number of rotatable bonds is 57. The average molecular weight is 1010 g/mol. The van der Waals surface area contributed by atoms with E-state index in [-0.39, 0.29) is 31.1 Å². The highest BCUT2D eigenvalue weighted by atomic mass is 16.6. The van der Waals surface area contributed by atoms with Gasteiger partial charge in [-0.05, 0) is 109 Å². The molecule has 0 amide bonds. The zero-order valence-corrected chi connectivity index (χ0v) is 47.9. The summed E-state index contributed by atoms with van der Waals surface area (Å²) in [5.41, 5.74) is 0. The van der Waals surface area contributed by atoms with E-state index in [0.29, 0.717) is 19.3 Å². The summed E-state index contributed by atoms with van der Waals surface area (Å²) in [6.07, 6.45) is 76.4. The van der Waals surface area contributed by atoms with Crippen LogP contribution in [0.15, 0.2) is 60.8 Å². The fourth-order valence-electron chi connectivity index (χ4n) is 8.97. The lowest BCUT2D eigenvalue weighted by Gasteiger charge is -2.18. The zero-order chi connectivity index (χ0) is 52.2. The number of unbranched alkanes of at least 4 members (excludes halogenated alkanes) is 36. The first-order valence-corrected chi connectivity index (χ1v) is 31.3. The third-order valence-corrected chi connectivity index (χ3v) is 13.7. The highest BCUT2D eigenvalue weighted by Crippen LogP contribution is 2.16. The normalized spacial score (nSPS) is 12.4. The largest absolute Gasteiger partial charge is 0.462 e. The molecule has 0 aromatic carbocycles. The molecule has 0 rings (SSSR count). The number of allylic oxidation sites excluding steroid dienone is 10. The van der Waals surface area contributed by atoms with Crippen LogP contribution in [0.5, 0.6) is 0 Å². The van der Waals surface area contributed by atoms with Gasteiger partial charge in [0.05, 0.1) is 0 Å². The Balaban J connectivity index is 4.32.